The molecule has 8 heteroatoms. The average Bonchev–Trinajstić information content (AvgIpc) is 2.87. The number of nitrogens with one attached hydrogen (secondary N) is 2. The predicted molar refractivity (Wildman–Crippen MR) is 75.9 cm³/mol. The van der Waals surface area contributed by atoms with E-state index in [4.69, 9.17) is 0 Å². The van der Waals surface area contributed by atoms with Crippen LogP contribution in [0.25, 0.3) is 0 Å². The van der Waals surface area contributed by atoms with Gasteiger partial charge in [0.2, 0.25) is 0 Å². The van der Waals surface area contributed by atoms with Gasteiger partial charge in [0.25, 0.3) is 0 Å². The lowest BCUT2D eigenvalue weighted by molar-refractivity contribution is 0.234. The third-order valence-corrected chi connectivity index (χ3v) is 3.25. The van der Waals surface area contributed by atoms with Gasteiger partial charge in [-0.05, 0) is 32.0 Å². The number of urea groups is 1. The summed E-state index contributed by atoms with van der Waals surface area (Å²) in [6, 6.07) is 1.56. The van der Waals surface area contributed by atoms with Crippen LogP contribution < -0.4 is 10.6 Å². The Bertz CT molecular complexity index is 673. The lowest BCUT2D eigenvalue weighted by atomic mass is 10.1. The van der Waals surface area contributed by atoms with E-state index >= 15 is 0 Å². The molecule has 0 saturated heterocycles. The van der Waals surface area contributed by atoms with Crippen LogP contribution in [0, 0.1) is 11.6 Å². The Morgan fingerprint density at radius 3 is 2.55 bits per heavy atom. The molecular formula is C14H17F2N5O. The van der Waals surface area contributed by atoms with Crippen molar-refractivity contribution in [1.29, 1.82) is 0 Å². The number of benzene rings is 1. The van der Waals surface area contributed by atoms with Gasteiger partial charge in [0.15, 0.2) is 5.82 Å². The number of hydrogen-bond donors (Lipinski definition) is 2. The number of aromatic nitrogens is 3. The largest absolute Gasteiger partial charge is 0.332 e. The third-order valence-electron chi connectivity index (χ3n) is 3.25. The first kappa shape index (κ1) is 15.9. The molecule has 0 aliphatic carbocycles. The molecular weight excluding hydrogens is 292 g/mol. The van der Waals surface area contributed by atoms with E-state index in [1.807, 2.05) is 0 Å². The molecule has 1 aromatic carbocycles. The Balaban J connectivity index is 1.99. The number of carbonyl (C=O) groups excluding carboxylic acids is 1. The first-order chi connectivity index (χ1) is 10.4. The molecule has 0 aliphatic rings. The summed E-state index contributed by atoms with van der Waals surface area (Å²) in [4.78, 5) is 11.9. The maximum Gasteiger partial charge on any atom is 0.315 e. The molecule has 0 saturated carbocycles. The minimum Gasteiger partial charge on any atom is -0.332 e. The van der Waals surface area contributed by atoms with E-state index in [1.165, 1.54) is 6.33 Å². The van der Waals surface area contributed by atoms with E-state index < -0.39 is 23.7 Å². The van der Waals surface area contributed by atoms with Crippen LogP contribution in [0.2, 0.25) is 0 Å². The molecule has 2 aromatic rings. The molecule has 0 bridgehead atoms. The maximum atomic E-state index is 13.6. The van der Waals surface area contributed by atoms with Gasteiger partial charge in [0.05, 0.1) is 12.1 Å². The molecule has 118 valence electrons. The van der Waals surface area contributed by atoms with Crippen LogP contribution in [-0.2, 0) is 7.05 Å². The highest BCUT2D eigenvalue weighted by Gasteiger charge is 2.18. The van der Waals surface area contributed by atoms with Gasteiger partial charge in [-0.25, -0.2) is 13.6 Å². The van der Waals surface area contributed by atoms with Gasteiger partial charge < -0.3 is 15.2 Å². The van der Waals surface area contributed by atoms with Gasteiger partial charge in [-0.15, -0.1) is 10.2 Å². The summed E-state index contributed by atoms with van der Waals surface area (Å²) in [5.74, 6) is -0.548. The Hall–Kier alpha value is -2.51. The topological polar surface area (TPSA) is 71.8 Å². The van der Waals surface area contributed by atoms with E-state index in [0.29, 0.717) is 5.82 Å². The molecule has 0 radical (unpaired) electrons. The SMILES string of the molecule is CC(NC(=O)NC(C)c1nncn1C)c1cc(F)ccc1F. The molecule has 1 heterocycles. The molecule has 0 aliphatic heterocycles. The highest BCUT2D eigenvalue weighted by Crippen LogP contribution is 2.18. The highest BCUT2D eigenvalue weighted by molar-refractivity contribution is 5.74. The lowest BCUT2D eigenvalue weighted by Gasteiger charge is -2.18. The van der Waals surface area contributed by atoms with Crippen molar-refractivity contribution in [2.45, 2.75) is 25.9 Å². The minimum atomic E-state index is -0.678. The summed E-state index contributed by atoms with van der Waals surface area (Å²) in [5.41, 5.74) is 0.0847. The van der Waals surface area contributed by atoms with E-state index in [0.717, 1.165) is 18.2 Å². The van der Waals surface area contributed by atoms with Crippen LogP contribution >= 0.6 is 0 Å². The summed E-state index contributed by atoms with van der Waals surface area (Å²) in [7, 11) is 1.76. The fourth-order valence-corrected chi connectivity index (χ4v) is 2.11. The zero-order valence-corrected chi connectivity index (χ0v) is 12.5. The summed E-state index contributed by atoms with van der Waals surface area (Å²) in [6.07, 6.45) is 1.52. The molecule has 1 aromatic heterocycles. The van der Waals surface area contributed by atoms with Crippen molar-refractivity contribution in [2.24, 2.45) is 7.05 Å². The Morgan fingerprint density at radius 1 is 1.23 bits per heavy atom. The third kappa shape index (κ3) is 3.57. The summed E-state index contributed by atoms with van der Waals surface area (Å²) in [6.45, 7) is 3.32. The fraction of sp³-hybridized carbons (Fsp3) is 0.357. The highest BCUT2D eigenvalue weighted by atomic mass is 19.1. The summed E-state index contributed by atoms with van der Waals surface area (Å²) >= 11 is 0. The van der Waals surface area contributed by atoms with E-state index in [1.54, 1.807) is 25.5 Å². The predicted octanol–water partition coefficient (Wildman–Crippen LogP) is 2.21. The standard InChI is InChI=1S/C14H17F2N5O/c1-8(11-6-10(15)4-5-12(11)16)18-14(22)19-9(2)13-20-17-7-21(13)3/h4-9H,1-3H3,(H2,18,19,22). The Labute approximate surface area is 126 Å². The van der Waals surface area contributed by atoms with E-state index in [2.05, 4.69) is 20.8 Å². The molecule has 6 nitrogen and oxygen atoms in total. The second-order valence-electron chi connectivity index (χ2n) is 5.03. The Kier molecular flexibility index (Phi) is 4.69. The van der Waals surface area contributed by atoms with Crippen LogP contribution in [0.15, 0.2) is 24.5 Å². The van der Waals surface area contributed by atoms with Crippen molar-refractivity contribution in [2.75, 3.05) is 0 Å². The van der Waals surface area contributed by atoms with Gasteiger partial charge in [-0.1, -0.05) is 0 Å². The van der Waals surface area contributed by atoms with Crippen molar-refractivity contribution in [1.82, 2.24) is 25.4 Å². The monoisotopic (exact) mass is 309 g/mol. The number of nitrogens with zero attached hydrogens (tertiary/aromatic N) is 3. The van der Waals surface area contributed by atoms with E-state index in [9.17, 15) is 13.6 Å². The molecule has 0 spiro atoms. The van der Waals surface area contributed by atoms with Gasteiger partial charge in [0, 0.05) is 12.6 Å². The van der Waals surface area contributed by atoms with Gasteiger partial charge >= 0.3 is 6.03 Å². The summed E-state index contributed by atoms with van der Waals surface area (Å²) < 4.78 is 28.5. The van der Waals surface area contributed by atoms with Gasteiger partial charge in [-0.3, -0.25) is 0 Å². The van der Waals surface area contributed by atoms with E-state index in [-0.39, 0.29) is 11.6 Å². The number of halogens is 2. The van der Waals surface area contributed by atoms with Crippen LogP contribution in [0.5, 0.6) is 0 Å². The van der Waals surface area contributed by atoms with Crippen molar-refractivity contribution in [3.05, 3.63) is 47.5 Å². The van der Waals surface area contributed by atoms with Gasteiger partial charge in [-0.2, -0.15) is 0 Å². The maximum absolute atomic E-state index is 13.6. The second kappa shape index (κ2) is 6.50. The first-order valence-corrected chi connectivity index (χ1v) is 6.74. The van der Waals surface area contributed by atoms with Crippen LogP contribution in [0.4, 0.5) is 13.6 Å². The molecule has 2 amide bonds. The normalized spacial score (nSPS) is 13.5. The molecule has 0 fully saturated rings. The quantitative estimate of drug-likeness (QED) is 0.909. The second-order valence-corrected chi connectivity index (χ2v) is 5.03. The number of hydrogen-bond acceptors (Lipinski definition) is 3. The van der Waals surface area contributed by atoms with Crippen molar-refractivity contribution < 1.29 is 13.6 Å². The van der Waals surface area contributed by atoms with Crippen molar-refractivity contribution in [3.63, 3.8) is 0 Å². The van der Waals surface area contributed by atoms with Crippen molar-refractivity contribution >= 4 is 6.03 Å². The Morgan fingerprint density at radius 2 is 1.91 bits per heavy atom. The average molecular weight is 309 g/mol. The molecule has 2 unspecified atom stereocenters. The fourth-order valence-electron chi connectivity index (χ4n) is 2.11. The molecule has 22 heavy (non-hydrogen) atoms. The molecule has 2 rings (SSSR count). The molecule has 2 N–H and O–H groups in total. The summed E-state index contributed by atoms with van der Waals surface area (Å²) in [5, 5.41) is 12.9. The minimum absolute atomic E-state index is 0.0847. The van der Waals surface area contributed by atoms with Crippen LogP contribution in [-0.4, -0.2) is 20.8 Å². The number of amides is 2. The van der Waals surface area contributed by atoms with Gasteiger partial charge in [0.1, 0.15) is 18.0 Å². The number of rotatable bonds is 4. The zero-order valence-electron chi connectivity index (χ0n) is 12.5. The number of carbonyl (C=O) groups is 1. The van der Waals surface area contributed by atoms with Crippen molar-refractivity contribution in [3.8, 4) is 0 Å². The van der Waals surface area contributed by atoms with Crippen LogP contribution in [0.3, 0.4) is 0 Å². The lowest BCUT2D eigenvalue weighted by Crippen LogP contribution is -2.39. The smallest absolute Gasteiger partial charge is 0.315 e. The number of aryl methyl sites for hydroxylation is 1. The van der Waals surface area contributed by atoms with Crippen LogP contribution in [0.1, 0.15) is 37.3 Å². The zero-order chi connectivity index (χ0) is 16.3. The first-order valence-electron chi connectivity index (χ1n) is 6.74. The molecule has 2 atom stereocenters.